The first-order valence-electron chi connectivity index (χ1n) is 6.65. The fourth-order valence-corrected chi connectivity index (χ4v) is 2.03. The zero-order valence-corrected chi connectivity index (χ0v) is 11.6. The Bertz CT molecular complexity index is 641. The predicted molar refractivity (Wildman–Crippen MR) is 79.2 cm³/mol. The lowest BCUT2D eigenvalue weighted by Crippen LogP contribution is -2.32. The van der Waals surface area contributed by atoms with Crippen LogP contribution in [0.25, 0.3) is 0 Å². The highest BCUT2D eigenvalue weighted by Gasteiger charge is 2.20. The number of hydrogen-bond donors (Lipinski definition) is 1. The Balaban J connectivity index is 2.39. The van der Waals surface area contributed by atoms with Gasteiger partial charge in [-0.25, -0.2) is 8.78 Å². The number of carbonyl (C=O) groups is 1. The molecular formula is C16H16F2N2O. The average Bonchev–Trinajstić information content (AvgIpc) is 2.48. The van der Waals surface area contributed by atoms with E-state index in [-0.39, 0.29) is 5.56 Å². The standard InChI is InChI=1S/C16H16F2N2O/c1-2-9-20(13-6-4-12(19)5-7-13)16(21)14-10-11(17)3-8-15(14)18/h3-8,10H,2,9,19H2,1H3. The fraction of sp³-hybridized carbons (Fsp3) is 0.188. The first-order chi connectivity index (χ1) is 10.0. The third kappa shape index (κ3) is 3.37. The van der Waals surface area contributed by atoms with Crippen LogP contribution in [-0.4, -0.2) is 12.5 Å². The third-order valence-corrected chi connectivity index (χ3v) is 3.06. The van der Waals surface area contributed by atoms with Crippen molar-refractivity contribution in [1.82, 2.24) is 0 Å². The molecule has 2 rings (SSSR count). The zero-order valence-electron chi connectivity index (χ0n) is 11.6. The maximum absolute atomic E-state index is 13.8. The van der Waals surface area contributed by atoms with E-state index in [9.17, 15) is 13.6 Å². The van der Waals surface area contributed by atoms with E-state index in [0.29, 0.717) is 24.3 Å². The number of halogens is 2. The van der Waals surface area contributed by atoms with Crippen LogP contribution in [0.2, 0.25) is 0 Å². The molecule has 3 nitrogen and oxygen atoms in total. The molecule has 1 amide bonds. The molecule has 0 aromatic heterocycles. The first kappa shape index (κ1) is 15.0. The van der Waals surface area contributed by atoms with Crippen LogP contribution in [0.1, 0.15) is 23.7 Å². The van der Waals surface area contributed by atoms with E-state index in [2.05, 4.69) is 0 Å². The molecular weight excluding hydrogens is 274 g/mol. The van der Waals surface area contributed by atoms with Crippen LogP contribution in [0.3, 0.4) is 0 Å². The van der Waals surface area contributed by atoms with Gasteiger partial charge in [0.25, 0.3) is 5.91 Å². The smallest absolute Gasteiger partial charge is 0.261 e. The van der Waals surface area contributed by atoms with E-state index in [1.807, 2.05) is 6.92 Å². The summed E-state index contributed by atoms with van der Waals surface area (Å²) in [6, 6.07) is 9.54. The van der Waals surface area contributed by atoms with Gasteiger partial charge < -0.3 is 10.6 Å². The second-order valence-electron chi connectivity index (χ2n) is 4.67. The quantitative estimate of drug-likeness (QED) is 0.874. The Hall–Kier alpha value is -2.43. The highest BCUT2D eigenvalue weighted by molar-refractivity contribution is 6.06. The highest BCUT2D eigenvalue weighted by atomic mass is 19.1. The minimum absolute atomic E-state index is 0.278. The molecule has 0 radical (unpaired) electrons. The van der Waals surface area contributed by atoms with Gasteiger partial charge in [0.05, 0.1) is 5.56 Å². The molecule has 2 N–H and O–H groups in total. The second-order valence-corrected chi connectivity index (χ2v) is 4.67. The van der Waals surface area contributed by atoms with Gasteiger partial charge in [0.1, 0.15) is 11.6 Å². The first-order valence-corrected chi connectivity index (χ1v) is 6.65. The van der Waals surface area contributed by atoms with E-state index in [1.165, 1.54) is 4.90 Å². The number of benzene rings is 2. The Kier molecular flexibility index (Phi) is 4.52. The Labute approximate surface area is 122 Å². The molecule has 21 heavy (non-hydrogen) atoms. The number of nitrogens with two attached hydrogens (primary N) is 1. The van der Waals surface area contributed by atoms with Crippen LogP contribution in [0.5, 0.6) is 0 Å². The van der Waals surface area contributed by atoms with Crippen LogP contribution in [0.15, 0.2) is 42.5 Å². The van der Waals surface area contributed by atoms with E-state index < -0.39 is 17.5 Å². The van der Waals surface area contributed by atoms with Gasteiger partial charge in [0.2, 0.25) is 0 Å². The summed E-state index contributed by atoms with van der Waals surface area (Å²) in [5, 5.41) is 0. The number of amides is 1. The summed E-state index contributed by atoms with van der Waals surface area (Å²) in [6.45, 7) is 2.30. The fourth-order valence-electron chi connectivity index (χ4n) is 2.03. The minimum atomic E-state index is -0.738. The predicted octanol–water partition coefficient (Wildman–Crippen LogP) is 3.60. The van der Waals surface area contributed by atoms with Gasteiger partial charge in [0, 0.05) is 17.9 Å². The van der Waals surface area contributed by atoms with Gasteiger partial charge in [-0.3, -0.25) is 4.79 Å². The van der Waals surface area contributed by atoms with Gasteiger partial charge in [-0.1, -0.05) is 6.92 Å². The molecule has 0 bridgehead atoms. The summed E-state index contributed by atoms with van der Waals surface area (Å²) < 4.78 is 27.0. The molecule has 2 aromatic rings. The number of rotatable bonds is 4. The lowest BCUT2D eigenvalue weighted by atomic mass is 10.1. The number of carbonyl (C=O) groups excluding carboxylic acids is 1. The Morgan fingerprint density at radius 1 is 1.14 bits per heavy atom. The minimum Gasteiger partial charge on any atom is -0.399 e. The lowest BCUT2D eigenvalue weighted by Gasteiger charge is -2.22. The molecule has 0 aliphatic heterocycles. The van der Waals surface area contributed by atoms with E-state index in [4.69, 9.17) is 5.73 Å². The van der Waals surface area contributed by atoms with Crippen molar-refractivity contribution in [3.63, 3.8) is 0 Å². The molecule has 110 valence electrons. The summed E-state index contributed by atoms with van der Waals surface area (Å²) in [4.78, 5) is 13.9. The van der Waals surface area contributed by atoms with Crippen LogP contribution in [-0.2, 0) is 0 Å². The van der Waals surface area contributed by atoms with Crippen LogP contribution < -0.4 is 10.6 Å². The molecule has 0 atom stereocenters. The molecule has 0 fully saturated rings. The third-order valence-electron chi connectivity index (χ3n) is 3.06. The number of nitrogen functional groups attached to an aromatic ring is 1. The van der Waals surface area contributed by atoms with E-state index in [0.717, 1.165) is 18.2 Å². The van der Waals surface area contributed by atoms with Gasteiger partial charge in [-0.05, 0) is 48.9 Å². The van der Waals surface area contributed by atoms with Crippen LogP contribution in [0.4, 0.5) is 20.2 Å². The number of hydrogen-bond acceptors (Lipinski definition) is 2. The summed E-state index contributed by atoms with van der Waals surface area (Å²) >= 11 is 0. The summed E-state index contributed by atoms with van der Waals surface area (Å²) in [5.74, 6) is -1.95. The van der Waals surface area contributed by atoms with Crippen molar-refractivity contribution in [3.8, 4) is 0 Å². The van der Waals surface area contributed by atoms with Crippen molar-refractivity contribution < 1.29 is 13.6 Å². The lowest BCUT2D eigenvalue weighted by molar-refractivity contribution is 0.0982. The van der Waals surface area contributed by atoms with Crippen molar-refractivity contribution in [2.75, 3.05) is 17.2 Å². The van der Waals surface area contributed by atoms with Crippen molar-refractivity contribution in [2.45, 2.75) is 13.3 Å². The largest absolute Gasteiger partial charge is 0.399 e. The molecule has 5 heteroatoms. The van der Waals surface area contributed by atoms with Crippen molar-refractivity contribution in [2.24, 2.45) is 0 Å². The van der Waals surface area contributed by atoms with Crippen LogP contribution in [0, 0.1) is 11.6 Å². The van der Waals surface area contributed by atoms with Crippen molar-refractivity contribution in [1.29, 1.82) is 0 Å². The van der Waals surface area contributed by atoms with Crippen LogP contribution >= 0.6 is 0 Å². The second kappa shape index (κ2) is 6.35. The maximum Gasteiger partial charge on any atom is 0.261 e. The summed E-state index contributed by atoms with van der Waals surface area (Å²) in [6.07, 6.45) is 0.688. The number of anilines is 2. The molecule has 0 unspecified atom stereocenters. The summed E-state index contributed by atoms with van der Waals surface area (Å²) in [7, 11) is 0. The zero-order chi connectivity index (χ0) is 15.4. The number of nitrogens with zero attached hydrogens (tertiary/aromatic N) is 1. The Morgan fingerprint density at radius 3 is 2.43 bits per heavy atom. The molecule has 0 saturated carbocycles. The normalized spacial score (nSPS) is 10.4. The van der Waals surface area contributed by atoms with Crippen molar-refractivity contribution >= 4 is 17.3 Å². The molecule has 0 spiro atoms. The van der Waals surface area contributed by atoms with E-state index >= 15 is 0 Å². The topological polar surface area (TPSA) is 46.3 Å². The molecule has 0 heterocycles. The monoisotopic (exact) mass is 290 g/mol. The highest BCUT2D eigenvalue weighted by Crippen LogP contribution is 2.21. The van der Waals surface area contributed by atoms with Gasteiger partial charge >= 0.3 is 0 Å². The van der Waals surface area contributed by atoms with Gasteiger partial charge in [-0.15, -0.1) is 0 Å². The Morgan fingerprint density at radius 2 is 1.81 bits per heavy atom. The molecule has 0 aliphatic rings. The van der Waals surface area contributed by atoms with Crippen molar-refractivity contribution in [3.05, 3.63) is 59.7 Å². The molecule has 0 aliphatic carbocycles. The van der Waals surface area contributed by atoms with Gasteiger partial charge in [-0.2, -0.15) is 0 Å². The summed E-state index contributed by atoms with van der Waals surface area (Å²) in [5.41, 5.74) is 6.51. The maximum atomic E-state index is 13.8. The van der Waals surface area contributed by atoms with Gasteiger partial charge in [0.15, 0.2) is 0 Å². The average molecular weight is 290 g/mol. The molecule has 0 saturated heterocycles. The SMILES string of the molecule is CCCN(C(=O)c1cc(F)ccc1F)c1ccc(N)cc1. The molecule has 2 aromatic carbocycles. The van der Waals surface area contributed by atoms with E-state index in [1.54, 1.807) is 24.3 Å².